The minimum Gasteiger partial charge on any atom is -0.487 e. The molecule has 5 heteroatoms. The van der Waals surface area contributed by atoms with Crippen molar-refractivity contribution in [1.82, 2.24) is 0 Å². The van der Waals surface area contributed by atoms with Crippen molar-refractivity contribution in [3.63, 3.8) is 0 Å². The van der Waals surface area contributed by atoms with E-state index in [4.69, 9.17) is 25.6 Å². The average Bonchev–Trinajstić information content (AvgIpc) is 2.75. The summed E-state index contributed by atoms with van der Waals surface area (Å²) in [4.78, 5) is 0. The first-order valence-corrected chi connectivity index (χ1v) is 8.49. The predicted molar refractivity (Wildman–Crippen MR) is 97.9 cm³/mol. The highest BCUT2D eigenvalue weighted by Gasteiger charge is 2.52. The van der Waals surface area contributed by atoms with Gasteiger partial charge in [0.05, 0.1) is 16.2 Å². The maximum atomic E-state index is 6.56. The quantitative estimate of drug-likeness (QED) is 0.777. The lowest BCUT2D eigenvalue weighted by Gasteiger charge is -2.32. The van der Waals surface area contributed by atoms with Crippen molar-refractivity contribution in [2.45, 2.75) is 45.5 Å². The van der Waals surface area contributed by atoms with Gasteiger partial charge in [-0.15, -0.1) is 0 Å². The monoisotopic (exact) mass is 344 g/mol. The Morgan fingerprint density at radius 2 is 1.54 bits per heavy atom. The Kier molecular flexibility index (Phi) is 4.65. The molecule has 2 aromatic carbocycles. The van der Waals surface area contributed by atoms with E-state index < -0.39 is 18.3 Å². The molecule has 126 valence electrons. The Labute approximate surface area is 149 Å². The van der Waals surface area contributed by atoms with Gasteiger partial charge in [0.25, 0.3) is 0 Å². The van der Waals surface area contributed by atoms with Crippen molar-refractivity contribution in [1.29, 1.82) is 0 Å². The van der Waals surface area contributed by atoms with Crippen LogP contribution < -0.4 is 10.2 Å². The molecule has 1 aliphatic heterocycles. The van der Waals surface area contributed by atoms with Gasteiger partial charge in [-0.25, -0.2) is 0 Å². The first-order chi connectivity index (χ1) is 11.3. The molecule has 0 aliphatic carbocycles. The fraction of sp³-hybridized carbons (Fsp3) is 0.368. The minimum atomic E-state index is -0.497. The smallest absolute Gasteiger partial charge is 0.487 e. The maximum absolute atomic E-state index is 6.56. The van der Waals surface area contributed by atoms with Gasteiger partial charge in [-0.1, -0.05) is 54.1 Å². The average molecular weight is 345 g/mol. The van der Waals surface area contributed by atoms with Crippen LogP contribution in [0.3, 0.4) is 0 Å². The van der Waals surface area contributed by atoms with Gasteiger partial charge in [-0.05, 0) is 39.3 Å². The largest absolute Gasteiger partial charge is 0.496 e. The number of ether oxygens (including phenoxy) is 1. The van der Waals surface area contributed by atoms with E-state index in [2.05, 4.69) is 0 Å². The van der Waals surface area contributed by atoms with E-state index in [-0.39, 0.29) is 0 Å². The summed E-state index contributed by atoms with van der Waals surface area (Å²) >= 11 is 6.56. The summed E-state index contributed by atoms with van der Waals surface area (Å²) in [5, 5.41) is 0.534. The van der Waals surface area contributed by atoms with E-state index in [9.17, 15) is 0 Å². The topological polar surface area (TPSA) is 27.7 Å². The molecule has 24 heavy (non-hydrogen) atoms. The first-order valence-electron chi connectivity index (χ1n) is 8.11. The number of rotatable bonds is 4. The molecular formula is C19H22BClO3. The van der Waals surface area contributed by atoms with Crippen LogP contribution in [-0.4, -0.2) is 18.3 Å². The molecule has 0 radical (unpaired) electrons. The van der Waals surface area contributed by atoms with Crippen molar-refractivity contribution in [2.24, 2.45) is 0 Å². The van der Waals surface area contributed by atoms with E-state index in [0.29, 0.717) is 17.4 Å². The van der Waals surface area contributed by atoms with Crippen molar-refractivity contribution in [3.8, 4) is 5.75 Å². The van der Waals surface area contributed by atoms with Crippen LogP contribution in [0.2, 0.25) is 5.02 Å². The van der Waals surface area contributed by atoms with Gasteiger partial charge in [-0.3, -0.25) is 0 Å². The molecule has 0 spiro atoms. The standard InChI is InChI=1S/C19H22BClO3/c1-18(2)19(3,4)24-20(23-18)15-11-8-12-16(17(15)21)22-13-14-9-6-5-7-10-14/h5-12H,13H2,1-4H3. The van der Waals surface area contributed by atoms with Crippen LogP contribution >= 0.6 is 11.6 Å². The van der Waals surface area contributed by atoms with E-state index in [0.717, 1.165) is 11.0 Å². The van der Waals surface area contributed by atoms with Crippen LogP contribution in [0.4, 0.5) is 0 Å². The Morgan fingerprint density at radius 1 is 0.917 bits per heavy atom. The molecule has 1 aliphatic rings. The second-order valence-corrected chi connectivity index (χ2v) is 7.40. The Hall–Kier alpha value is -1.49. The molecular weight excluding hydrogens is 322 g/mol. The van der Waals surface area contributed by atoms with Crippen molar-refractivity contribution < 1.29 is 14.0 Å². The zero-order valence-corrected chi connectivity index (χ0v) is 15.3. The molecule has 0 unspecified atom stereocenters. The van der Waals surface area contributed by atoms with Crippen LogP contribution in [-0.2, 0) is 15.9 Å². The van der Waals surface area contributed by atoms with Crippen molar-refractivity contribution in [2.75, 3.05) is 0 Å². The van der Waals surface area contributed by atoms with Crippen molar-refractivity contribution in [3.05, 3.63) is 59.1 Å². The Bertz CT molecular complexity index is 700. The molecule has 1 saturated heterocycles. The van der Waals surface area contributed by atoms with E-state index in [1.54, 1.807) is 0 Å². The third kappa shape index (κ3) is 3.32. The lowest BCUT2D eigenvalue weighted by atomic mass is 9.79. The van der Waals surface area contributed by atoms with Crippen LogP contribution in [0.5, 0.6) is 5.75 Å². The summed E-state index contributed by atoms with van der Waals surface area (Å²) in [7, 11) is -0.497. The van der Waals surface area contributed by atoms with Crippen LogP contribution in [0.15, 0.2) is 48.5 Å². The van der Waals surface area contributed by atoms with Gasteiger partial charge in [0.2, 0.25) is 0 Å². The summed E-state index contributed by atoms with van der Waals surface area (Å²) in [5.74, 6) is 0.632. The molecule has 0 aromatic heterocycles. The lowest BCUT2D eigenvalue weighted by Crippen LogP contribution is -2.41. The van der Waals surface area contributed by atoms with E-state index in [1.807, 2.05) is 76.2 Å². The molecule has 1 fully saturated rings. The van der Waals surface area contributed by atoms with Crippen molar-refractivity contribution >= 4 is 24.2 Å². The predicted octanol–water partition coefficient (Wildman–Crippen LogP) is 4.22. The molecule has 3 rings (SSSR count). The summed E-state index contributed by atoms with van der Waals surface area (Å²) < 4.78 is 18.1. The Balaban J connectivity index is 1.79. The second kappa shape index (κ2) is 6.43. The zero-order valence-electron chi connectivity index (χ0n) is 14.5. The van der Waals surface area contributed by atoms with Crippen LogP contribution in [0.25, 0.3) is 0 Å². The summed E-state index contributed by atoms with van der Waals surface area (Å²) in [6.45, 7) is 8.56. The van der Waals surface area contributed by atoms with Crippen LogP contribution in [0.1, 0.15) is 33.3 Å². The molecule has 0 amide bonds. The molecule has 2 aromatic rings. The third-order valence-corrected chi connectivity index (χ3v) is 5.14. The van der Waals surface area contributed by atoms with Crippen LogP contribution in [0, 0.1) is 0 Å². The summed E-state index contributed by atoms with van der Waals surface area (Å²) in [6.07, 6.45) is 0. The maximum Gasteiger partial charge on any atom is 0.496 e. The fourth-order valence-corrected chi connectivity index (χ4v) is 2.80. The fourth-order valence-electron chi connectivity index (χ4n) is 2.53. The first kappa shape index (κ1) is 17.3. The number of hydrogen-bond acceptors (Lipinski definition) is 3. The van der Waals surface area contributed by atoms with Gasteiger partial charge >= 0.3 is 7.12 Å². The normalized spacial score (nSPS) is 18.6. The highest BCUT2D eigenvalue weighted by Crippen LogP contribution is 2.37. The molecule has 0 N–H and O–H groups in total. The van der Waals surface area contributed by atoms with E-state index in [1.165, 1.54) is 0 Å². The summed E-state index contributed by atoms with van der Waals surface area (Å²) in [6, 6.07) is 15.7. The molecule has 0 atom stereocenters. The SMILES string of the molecule is CC1(C)OB(c2cccc(OCc3ccccc3)c2Cl)OC1(C)C. The highest BCUT2D eigenvalue weighted by atomic mass is 35.5. The Morgan fingerprint density at radius 3 is 2.17 bits per heavy atom. The number of hydrogen-bond donors (Lipinski definition) is 0. The third-order valence-electron chi connectivity index (χ3n) is 4.74. The number of halogens is 1. The lowest BCUT2D eigenvalue weighted by molar-refractivity contribution is 0.00578. The molecule has 0 saturated carbocycles. The van der Waals surface area contributed by atoms with Gasteiger partial charge in [0, 0.05) is 5.46 Å². The molecule has 0 bridgehead atoms. The molecule has 3 nitrogen and oxygen atoms in total. The summed E-state index contributed by atoms with van der Waals surface area (Å²) in [5.41, 5.74) is 1.08. The second-order valence-electron chi connectivity index (χ2n) is 7.02. The molecule has 1 heterocycles. The zero-order chi connectivity index (χ0) is 17.4. The van der Waals surface area contributed by atoms with Gasteiger partial charge in [0.15, 0.2) is 0 Å². The van der Waals surface area contributed by atoms with Gasteiger partial charge in [0.1, 0.15) is 12.4 Å². The van der Waals surface area contributed by atoms with Gasteiger partial charge < -0.3 is 14.0 Å². The van der Waals surface area contributed by atoms with E-state index >= 15 is 0 Å². The highest BCUT2D eigenvalue weighted by molar-refractivity contribution is 6.66. The number of benzene rings is 2. The van der Waals surface area contributed by atoms with Gasteiger partial charge in [-0.2, -0.15) is 0 Å². The minimum absolute atomic E-state index is 0.401.